The molecule has 6 nitrogen and oxygen atoms in total. The molecule has 4 aliphatic rings. The highest BCUT2D eigenvalue weighted by molar-refractivity contribution is 6.24. The van der Waals surface area contributed by atoms with E-state index in [-0.39, 0.29) is 29.7 Å². The second kappa shape index (κ2) is 6.36. The van der Waals surface area contributed by atoms with Gasteiger partial charge in [-0.2, -0.15) is 0 Å². The predicted molar refractivity (Wildman–Crippen MR) is 101 cm³/mol. The first kappa shape index (κ1) is 16.8. The number of anilines is 1. The minimum absolute atomic E-state index is 0.0144. The highest BCUT2D eigenvalue weighted by Gasteiger charge is 2.46. The van der Waals surface area contributed by atoms with Crippen LogP contribution in [0.25, 0.3) is 0 Å². The number of nitrogens with zero attached hydrogens (tertiary/aromatic N) is 3. The molecule has 1 atom stereocenters. The lowest BCUT2D eigenvalue weighted by atomic mass is 9.95. The number of piperidine rings is 1. The molecule has 0 radical (unpaired) electrons. The van der Waals surface area contributed by atoms with Crippen LogP contribution in [0.1, 0.15) is 59.2 Å². The number of fused-ring (bicyclic) bond motifs is 1. The standard InChI is InChI=1S/C21H25N3O3/c25-19(22-10-1-2-11-22)14-5-4-12-23(13-14)17-7-3-6-16-18(17)21(27)24(20(16)26)15-8-9-15/h3,6-7,14-15H,1-2,4-5,8-13H2/t14-/m1/s1. The van der Waals surface area contributed by atoms with Crippen LogP contribution in [-0.4, -0.2) is 59.7 Å². The monoisotopic (exact) mass is 367 g/mol. The van der Waals surface area contributed by atoms with E-state index >= 15 is 0 Å². The lowest BCUT2D eigenvalue weighted by Crippen LogP contribution is -2.44. The first-order chi connectivity index (χ1) is 13.1. The van der Waals surface area contributed by atoms with Gasteiger partial charge in [0.05, 0.1) is 22.7 Å². The molecule has 27 heavy (non-hydrogen) atoms. The molecule has 3 heterocycles. The smallest absolute Gasteiger partial charge is 0.263 e. The molecule has 1 aromatic rings. The zero-order chi connectivity index (χ0) is 18.5. The molecule has 1 aromatic carbocycles. The Bertz CT molecular complexity index is 811. The largest absolute Gasteiger partial charge is 0.370 e. The molecule has 1 aliphatic carbocycles. The third-order valence-electron chi connectivity index (χ3n) is 6.37. The number of hydrogen-bond donors (Lipinski definition) is 0. The van der Waals surface area contributed by atoms with Crippen molar-refractivity contribution in [2.45, 2.75) is 44.6 Å². The number of imide groups is 1. The lowest BCUT2D eigenvalue weighted by Gasteiger charge is -2.36. The SMILES string of the molecule is O=C([C@@H]1CCCN(c2cccc3c2C(=O)N(C2CC2)C3=O)C1)N1CCCC1. The van der Waals surface area contributed by atoms with Gasteiger partial charge in [-0.15, -0.1) is 0 Å². The van der Waals surface area contributed by atoms with Gasteiger partial charge in [-0.05, 0) is 50.7 Å². The van der Waals surface area contributed by atoms with Crippen LogP contribution in [0.4, 0.5) is 5.69 Å². The Morgan fingerprint density at radius 1 is 0.926 bits per heavy atom. The number of hydrogen-bond acceptors (Lipinski definition) is 4. The van der Waals surface area contributed by atoms with Gasteiger partial charge in [0.1, 0.15) is 0 Å². The Morgan fingerprint density at radius 3 is 2.44 bits per heavy atom. The summed E-state index contributed by atoms with van der Waals surface area (Å²) in [5, 5.41) is 0. The van der Waals surface area contributed by atoms with Crippen molar-refractivity contribution in [2.75, 3.05) is 31.1 Å². The number of amides is 3. The molecular weight excluding hydrogens is 342 g/mol. The van der Waals surface area contributed by atoms with Crippen molar-refractivity contribution < 1.29 is 14.4 Å². The maximum Gasteiger partial charge on any atom is 0.263 e. The van der Waals surface area contributed by atoms with E-state index in [0.717, 1.165) is 63.8 Å². The van der Waals surface area contributed by atoms with Gasteiger partial charge in [0.25, 0.3) is 11.8 Å². The Kier molecular flexibility index (Phi) is 3.95. The van der Waals surface area contributed by atoms with Crippen LogP contribution in [0, 0.1) is 5.92 Å². The fourth-order valence-electron chi connectivity index (χ4n) is 4.81. The zero-order valence-corrected chi connectivity index (χ0v) is 15.5. The van der Waals surface area contributed by atoms with Crippen molar-refractivity contribution >= 4 is 23.4 Å². The molecule has 0 N–H and O–H groups in total. The molecule has 0 aromatic heterocycles. The molecule has 0 bridgehead atoms. The number of likely N-dealkylation sites (tertiary alicyclic amines) is 1. The molecule has 0 unspecified atom stereocenters. The first-order valence-corrected chi connectivity index (χ1v) is 10.2. The number of carbonyl (C=O) groups is 3. The topological polar surface area (TPSA) is 60.9 Å². The third kappa shape index (κ3) is 2.73. The Balaban J connectivity index is 1.41. The summed E-state index contributed by atoms with van der Waals surface area (Å²) in [4.78, 5) is 44.1. The van der Waals surface area contributed by atoms with Crippen molar-refractivity contribution in [3.63, 3.8) is 0 Å². The summed E-state index contributed by atoms with van der Waals surface area (Å²) in [5.74, 6) is -0.0617. The van der Waals surface area contributed by atoms with E-state index in [0.29, 0.717) is 17.7 Å². The average Bonchev–Trinajstić information content (AvgIpc) is 3.30. The molecule has 5 rings (SSSR count). The Labute approximate surface area is 159 Å². The summed E-state index contributed by atoms with van der Waals surface area (Å²) in [7, 11) is 0. The van der Waals surface area contributed by atoms with E-state index in [9.17, 15) is 14.4 Å². The molecule has 0 spiro atoms. The van der Waals surface area contributed by atoms with Gasteiger partial charge < -0.3 is 9.80 Å². The van der Waals surface area contributed by atoms with E-state index in [4.69, 9.17) is 0 Å². The van der Waals surface area contributed by atoms with Crippen LogP contribution in [0.15, 0.2) is 18.2 Å². The van der Waals surface area contributed by atoms with Crippen LogP contribution in [0.5, 0.6) is 0 Å². The summed E-state index contributed by atoms with van der Waals surface area (Å²) in [5.41, 5.74) is 1.90. The molecule has 6 heteroatoms. The van der Waals surface area contributed by atoms with Gasteiger partial charge in [-0.25, -0.2) is 0 Å². The predicted octanol–water partition coefficient (Wildman–Crippen LogP) is 2.28. The van der Waals surface area contributed by atoms with E-state index < -0.39 is 0 Å². The molecule has 3 amide bonds. The molecule has 3 aliphatic heterocycles. The van der Waals surface area contributed by atoms with Crippen LogP contribution in [0.3, 0.4) is 0 Å². The highest BCUT2D eigenvalue weighted by Crippen LogP contribution is 2.39. The normalized spacial score (nSPS) is 25.3. The second-order valence-electron chi connectivity index (χ2n) is 8.23. The Morgan fingerprint density at radius 2 is 1.70 bits per heavy atom. The molecular formula is C21H25N3O3. The van der Waals surface area contributed by atoms with Crippen molar-refractivity contribution in [3.8, 4) is 0 Å². The molecule has 2 saturated heterocycles. The maximum absolute atomic E-state index is 13.0. The number of rotatable bonds is 3. The van der Waals surface area contributed by atoms with Crippen LogP contribution >= 0.6 is 0 Å². The Hall–Kier alpha value is -2.37. The average molecular weight is 367 g/mol. The fraction of sp³-hybridized carbons (Fsp3) is 0.571. The molecule has 142 valence electrons. The zero-order valence-electron chi connectivity index (χ0n) is 15.5. The van der Waals surface area contributed by atoms with E-state index in [1.165, 1.54) is 4.90 Å². The highest BCUT2D eigenvalue weighted by atomic mass is 16.2. The third-order valence-corrected chi connectivity index (χ3v) is 6.37. The minimum Gasteiger partial charge on any atom is -0.370 e. The quantitative estimate of drug-likeness (QED) is 0.769. The van der Waals surface area contributed by atoms with Crippen molar-refractivity contribution in [2.24, 2.45) is 5.92 Å². The van der Waals surface area contributed by atoms with Crippen molar-refractivity contribution in [1.29, 1.82) is 0 Å². The van der Waals surface area contributed by atoms with Crippen LogP contribution in [0.2, 0.25) is 0 Å². The summed E-state index contributed by atoms with van der Waals surface area (Å²) in [6.07, 6.45) is 5.86. The lowest BCUT2D eigenvalue weighted by molar-refractivity contribution is -0.134. The van der Waals surface area contributed by atoms with E-state index in [1.54, 1.807) is 6.07 Å². The van der Waals surface area contributed by atoms with E-state index in [1.807, 2.05) is 17.0 Å². The van der Waals surface area contributed by atoms with Gasteiger partial charge >= 0.3 is 0 Å². The van der Waals surface area contributed by atoms with Gasteiger partial charge in [0.2, 0.25) is 5.91 Å². The fourth-order valence-corrected chi connectivity index (χ4v) is 4.81. The minimum atomic E-state index is -0.152. The van der Waals surface area contributed by atoms with Gasteiger partial charge in [-0.1, -0.05) is 6.07 Å². The summed E-state index contributed by atoms with van der Waals surface area (Å²) in [6.45, 7) is 3.21. The summed E-state index contributed by atoms with van der Waals surface area (Å²) in [6, 6.07) is 5.64. The second-order valence-corrected chi connectivity index (χ2v) is 8.23. The van der Waals surface area contributed by atoms with Gasteiger partial charge in [0, 0.05) is 32.2 Å². The van der Waals surface area contributed by atoms with Gasteiger partial charge in [-0.3, -0.25) is 19.3 Å². The molecule has 3 fully saturated rings. The molecule has 1 saturated carbocycles. The van der Waals surface area contributed by atoms with Crippen LogP contribution in [-0.2, 0) is 4.79 Å². The van der Waals surface area contributed by atoms with Crippen molar-refractivity contribution in [3.05, 3.63) is 29.3 Å². The summed E-state index contributed by atoms with van der Waals surface area (Å²) < 4.78 is 0. The number of benzene rings is 1. The summed E-state index contributed by atoms with van der Waals surface area (Å²) >= 11 is 0. The van der Waals surface area contributed by atoms with Crippen LogP contribution < -0.4 is 4.90 Å². The maximum atomic E-state index is 13.0. The van der Waals surface area contributed by atoms with Crippen molar-refractivity contribution in [1.82, 2.24) is 9.80 Å². The van der Waals surface area contributed by atoms with E-state index in [2.05, 4.69) is 4.90 Å². The van der Waals surface area contributed by atoms with Gasteiger partial charge in [0.15, 0.2) is 0 Å². The number of carbonyl (C=O) groups excluding carboxylic acids is 3. The first-order valence-electron chi connectivity index (χ1n) is 10.2.